The zero-order chi connectivity index (χ0) is 42.8. The number of allylic oxidation sites excluding steroid dienone is 1. The summed E-state index contributed by atoms with van der Waals surface area (Å²) in [6, 6.07) is 77.3. The molecule has 0 radical (unpaired) electrons. The second-order valence-electron chi connectivity index (χ2n) is 18.0. The number of fused-ring (bicyclic) bond motifs is 14. The molecular weight excluding hydrogens is 785 g/mol. The summed E-state index contributed by atoms with van der Waals surface area (Å²) in [7, 11) is 0. The molecule has 2 nitrogen and oxygen atoms in total. The van der Waals surface area contributed by atoms with Crippen molar-refractivity contribution in [2.75, 3.05) is 10.6 Å². The first-order chi connectivity index (χ1) is 32.2. The van der Waals surface area contributed by atoms with Gasteiger partial charge >= 0.3 is 0 Å². The number of anilines is 4. The van der Waals surface area contributed by atoms with Crippen LogP contribution in [0.4, 0.5) is 22.7 Å². The first-order valence-corrected chi connectivity index (χ1v) is 22.8. The molecule has 65 heavy (non-hydrogen) atoms. The minimum absolute atomic E-state index is 0.652. The highest BCUT2D eigenvalue weighted by molar-refractivity contribution is 6.20. The highest BCUT2D eigenvalue weighted by Gasteiger charge is 2.52. The zero-order valence-corrected chi connectivity index (χ0v) is 35.7. The SMILES string of the molecule is Nc1c2ccccc2c(-c2ccc3c(c2)C2(c4cc(-c5c6c(cc7ccccc57)C=CCC6)ccc4-3)c3ccccc3N(c3ccc4ccccc4c3)c3ccccc32)c2ccccc12. The van der Waals surface area contributed by atoms with E-state index in [2.05, 4.69) is 223 Å². The van der Waals surface area contributed by atoms with Crippen molar-refractivity contribution in [3.05, 3.63) is 246 Å². The molecule has 0 fully saturated rings. The quantitative estimate of drug-likeness (QED) is 0.142. The predicted octanol–water partition coefficient (Wildman–Crippen LogP) is 16.3. The third-order valence-electron chi connectivity index (χ3n) is 14.8. The Kier molecular flexibility index (Phi) is 7.62. The maximum atomic E-state index is 6.99. The molecule has 14 rings (SSSR count). The summed E-state index contributed by atoms with van der Waals surface area (Å²) < 4.78 is 0. The number of hydrogen-bond donors (Lipinski definition) is 1. The number of nitrogens with zero attached hydrogens (tertiary/aromatic N) is 1. The fourth-order valence-electron chi connectivity index (χ4n) is 12.1. The maximum Gasteiger partial charge on any atom is 0.0754 e. The Morgan fingerprint density at radius 2 is 0.954 bits per heavy atom. The second kappa shape index (κ2) is 13.6. The number of hydrogen-bond acceptors (Lipinski definition) is 2. The highest BCUT2D eigenvalue weighted by atomic mass is 15.2. The van der Waals surface area contributed by atoms with Gasteiger partial charge in [0.05, 0.1) is 16.8 Å². The lowest BCUT2D eigenvalue weighted by molar-refractivity contribution is 0.753. The monoisotopic (exact) mass is 826 g/mol. The third kappa shape index (κ3) is 5.00. The Morgan fingerprint density at radius 3 is 1.62 bits per heavy atom. The van der Waals surface area contributed by atoms with Crippen molar-refractivity contribution in [2.45, 2.75) is 18.3 Å². The fraction of sp³-hybridized carbons (Fsp3) is 0.0476. The van der Waals surface area contributed by atoms with Gasteiger partial charge in [0.25, 0.3) is 0 Å². The van der Waals surface area contributed by atoms with Crippen molar-refractivity contribution >= 4 is 71.9 Å². The van der Waals surface area contributed by atoms with Crippen LogP contribution in [-0.2, 0) is 11.8 Å². The molecule has 0 amide bonds. The Bertz CT molecular complexity index is 3770. The molecule has 1 aliphatic heterocycles. The van der Waals surface area contributed by atoms with Gasteiger partial charge < -0.3 is 10.6 Å². The van der Waals surface area contributed by atoms with Crippen LogP contribution >= 0.6 is 0 Å². The summed E-state index contributed by atoms with van der Waals surface area (Å²) >= 11 is 0. The first-order valence-electron chi connectivity index (χ1n) is 22.8. The minimum atomic E-state index is -0.652. The molecule has 0 saturated carbocycles. The average molecular weight is 827 g/mol. The largest absolute Gasteiger partial charge is 0.398 e. The summed E-state index contributed by atoms with van der Waals surface area (Å²) in [5.74, 6) is 0. The molecule has 0 aromatic heterocycles. The van der Waals surface area contributed by atoms with Crippen molar-refractivity contribution in [3.8, 4) is 33.4 Å². The molecule has 3 aliphatic rings. The van der Waals surface area contributed by atoms with Gasteiger partial charge in [0.2, 0.25) is 0 Å². The van der Waals surface area contributed by atoms with Crippen molar-refractivity contribution in [2.24, 2.45) is 0 Å². The van der Waals surface area contributed by atoms with E-state index in [9.17, 15) is 0 Å². The van der Waals surface area contributed by atoms with E-state index in [-0.39, 0.29) is 0 Å². The van der Waals surface area contributed by atoms with E-state index >= 15 is 0 Å². The lowest BCUT2D eigenvalue weighted by Gasteiger charge is -2.45. The van der Waals surface area contributed by atoms with Gasteiger partial charge in [-0.15, -0.1) is 0 Å². The van der Waals surface area contributed by atoms with Crippen LogP contribution in [0.25, 0.3) is 82.5 Å². The van der Waals surface area contributed by atoms with Crippen LogP contribution in [0.2, 0.25) is 0 Å². The third-order valence-corrected chi connectivity index (χ3v) is 14.8. The smallest absolute Gasteiger partial charge is 0.0754 e. The summed E-state index contributed by atoms with van der Waals surface area (Å²) in [6.07, 6.45) is 6.73. The van der Waals surface area contributed by atoms with Crippen LogP contribution in [0.15, 0.2) is 212 Å². The van der Waals surface area contributed by atoms with Crippen molar-refractivity contribution in [1.82, 2.24) is 0 Å². The van der Waals surface area contributed by atoms with Gasteiger partial charge in [-0.3, -0.25) is 0 Å². The van der Waals surface area contributed by atoms with Crippen LogP contribution in [0.1, 0.15) is 39.8 Å². The van der Waals surface area contributed by atoms with Gasteiger partial charge in [-0.25, -0.2) is 0 Å². The van der Waals surface area contributed by atoms with E-state index in [1.165, 1.54) is 99.7 Å². The molecule has 1 heterocycles. The number of nitrogens with two attached hydrogens (primary N) is 1. The maximum absolute atomic E-state index is 6.99. The number of para-hydroxylation sites is 2. The molecule has 0 atom stereocenters. The van der Waals surface area contributed by atoms with Gasteiger partial charge in [-0.05, 0) is 154 Å². The van der Waals surface area contributed by atoms with Gasteiger partial charge in [-0.2, -0.15) is 0 Å². The van der Waals surface area contributed by atoms with Gasteiger partial charge in [0.1, 0.15) is 0 Å². The highest BCUT2D eigenvalue weighted by Crippen LogP contribution is 2.64. The van der Waals surface area contributed by atoms with E-state index in [4.69, 9.17) is 5.73 Å². The van der Waals surface area contributed by atoms with Crippen LogP contribution in [0.3, 0.4) is 0 Å². The average Bonchev–Trinajstić information content (AvgIpc) is 3.65. The number of nitrogen functional groups attached to an aromatic ring is 1. The normalized spacial score (nSPS) is 14.1. The molecule has 0 saturated heterocycles. The predicted molar refractivity (Wildman–Crippen MR) is 275 cm³/mol. The molecule has 304 valence electrons. The fourth-order valence-corrected chi connectivity index (χ4v) is 12.1. The number of rotatable bonds is 3. The van der Waals surface area contributed by atoms with Gasteiger partial charge in [0, 0.05) is 22.1 Å². The van der Waals surface area contributed by atoms with Crippen LogP contribution in [-0.4, -0.2) is 0 Å². The topological polar surface area (TPSA) is 29.3 Å². The second-order valence-corrected chi connectivity index (χ2v) is 18.0. The van der Waals surface area contributed by atoms with E-state index in [1.807, 2.05) is 0 Å². The van der Waals surface area contributed by atoms with Crippen molar-refractivity contribution in [3.63, 3.8) is 0 Å². The summed E-state index contributed by atoms with van der Waals surface area (Å²) in [6.45, 7) is 0. The van der Waals surface area contributed by atoms with E-state index in [1.54, 1.807) is 0 Å². The van der Waals surface area contributed by atoms with Gasteiger partial charge in [0.15, 0.2) is 0 Å². The van der Waals surface area contributed by atoms with Crippen LogP contribution < -0.4 is 10.6 Å². The molecule has 2 heteroatoms. The van der Waals surface area contributed by atoms with Gasteiger partial charge in [-0.1, -0.05) is 176 Å². The molecule has 0 unspecified atom stereocenters. The molecule has 2 N–H and O–H groups in total. The standard InChI is InChI=1S/C63H42N2/c64-62-52-23-9-7-21-50(52)61(51-22-8-10-24-53(51)62)44-31-34-49-48-33-30-43(60-46-19-5-3-17-41(46)35-42-18-4-6-20-47(42)60)37-56(48)63(57(49)38-44)54-25-11-13-27-58(54)65(59-28-14-12-26-55(59)63)45-32-29-39-15-1-2-16-40(39)36-45/h1-5,7-19,21-38H,6,20,64H2. The van der Waals surface area contributed by atoms with Crippen LogP contribution in [0, 0.1) is 0 Å². The minimum Gasteiger partial charge on any atom is -0.398 e. The summed E-state index contributed by atoms with van der Waals surface area (Å²) in [5, 5.41) is 9.53. The van der Waals surface area contributed by atoms with E-state index in [0.29, 0.717) is 0 Å². The summed E-state index contributed by atoms with van der Waals surface area (Å²) in [4.78, 5) is 2.50. The lowest BCUT2D eigenvalue weighted by Crippen LogP contribution is -2.36. The molecule has 0 bridgehead atoms. The Labute approximate surface area is 378 Å². The molecule has 2 aliphatic carbocycles. The first kappa shape index (κ1) is 36.3. The van der Waals surface area contributed by atoms with Crippen molar-refractivity contribution in [1.29, 1.82) is 0 Å². The number of benzene rings is 11. The van der Waals surface area contributed by atoms with E-state index in [0.717, 1.165) is 45.8 Å². The Balaban J connectivity index is 1.10. The Hall–Kier alpha value is -8.20. The van der Waals surface area contributed by atoms with Crippen molar-refractivity contribution < 1.29 is 0 Å². The van der Waals surface area contributed by atoms with Crippen LogP contribution in [0.5, 0.6) is 0 Å². The summed E-state index contributed by atoms with van der Waals surface area (Å²) in [5.41, 5.74) is 26.2. The van der Waals surface area contributed by atoms with E-state index < -0.39 is 5.41 Å². The lowest BCUT2D eigenvalue weighted by atomic mass is 9.64. The molecule has 11 aromatic rings. The Morgan fingerprint density at radius 1 is 0.415 bits per heavy atom. The molecule has 11 aromatic carbocycles. The molecular formula is C63H42N2. The molecule has 1 spiro atoms. The zero-order valence-electron chi connectivity index (χ0n) is 35.7.